The fourth-order valence-corrected chi connectivity index (χ4v) is 3.74. The summed E-state index contributed by atoms with van der Waals surface area (Å²) in [7, 11) is 2.27. The molecule has 0 aromatic heterocycles. The Balaban J connectivity index is 2.03. The topological polar surface area (TPSA) is 32.5 Å². The van der Waals surface area contributed by atoms with Crippen LogP contribution in [0.5, 0.6) is 0 Å². The van der Waals surface area contributed by atoms with E-state index in [4.69, 9.17) is 5.73 Å². The summed E-state index contributed by atoms with van der Waals surface area (Å²) in [6.07, 6.45) is 3.59. The second-order valence-electron chi connectivity index (χ2n) is 6.46. The third kappa shape index (κ3) is 3.65. The van der Waals surface area contributed by atoms with Gasteiger partial charge in [0.25, 0.3) is 0 Å². The first kappa shape index (κ1) is 16.5. The predicted octanol–water partition coefficient (Wildman–Crippen LogP) is 2.71. The Hall–Kier alpha value is -0.900. The van der Waals surface area contributed by atoms with E-state index in [1.165, 1.54) is 24.8 Å². The minimum Gasteiger partial charge on any atom is -0.329 e. The zero-order chi connectivity index (χ0) is 15.3. The molecule has 118 valence electrons. The van der Waals surface area contributed by atoms with E-state index in [1.807, 2.05) is 0 Å². The lowest BCUT2D eigenvalue weighted by atomic mass is 9.93. The highest BCUT2D eigenvalue weighted by molar-refractivity contribution is 5.15. The molecule has 0 saturated carbocycles. The van der Waals surface area contributed by atoms with Crippen molar-refractivity contribution >= 4 is 0 Å². The van der Waals surface area contributed by atoms with Crippen molar-refractivity contribution in [2.45, 2.75) is 51.2 Å². The summed E-state index contributed by atoms with van der Waals surface area (Å²) in [6.45, 7) is 8.60. The molecule has 3 nitrogen and oxygen atoms in total. The normalized spacial score (nSPS) is 23.3. The van der Waals surface area contributed by atoms with Crippen molar-refractivity contribution in [3.05, 3.63) is 35.9 Å². The first-order valence-corrected chi connectivity index (χ1v) is 8.34. The Bertz CT molecular complexity index is 416. The Labute approximate surface area is 130 Å². The van der Waals surface area contributed by atoms with E-state index in [0.717, 1.165) is 26.2 Å². The largest absolute Gasteiger partial charge is 0.329 e. The molecule has 1 aliphatic heterocycles. The van der Waals surface area contributed by atoms with Crippen molar-refractivity contribution in [2.24, 2.45) is 5.73 Å². The molecule has 0 radical (unpaired) electrons. The lowest BCUT2D eigenvalue weighted by Gasteiger charge is -2.42. The standard InChI is InChI=1S/C18H31N3/c1-4-17(5-2)20(3)18(14-19)11-12-21(15-18)13-16-9-7-6-8-10-16/h6-10,17H,4-5,11-15,19H2,1-3H3. The Morgan fingerprint density at radius 3 is 2.48 bits per heavy atom. The van der Waals surface area contributed by atoms with E-state index in [1.54, 1.807) is 0 Å². The van der Waals surface area contributed by atoms with Crippen LogP contribution in [0.25, 0.3) is 0 Å². The van der Waals surface area contributed by atoms with Crippen molar-refractivity contribution in [1.29, 1.82) is 0 Å². The first-order valence-electron chi connectivity index (χ1n) is 8.34. The fourth-order valence-electron chi connectivity index (χ4n) is 3.74. The number of hydrogen-bond acceptors (Lipinski definition) is 3. The molecule has 1 unspecified atom stereocenters. The Kier molecular flexibility index (Phi) is 5.80. The van der Waals surface area contributed by atoms with Crippen LogP contribution < -0.4 is 5.73 Å². The summed E-state index contributed by atoms with van der Waals surface area (Å²) in [6, 6.07) is 11.4. The fraction of sp³-hybridized carbons (Fsp3) is 0.667. The van der Waals surface area contributed by atoms with Gasteiger partial charge in [0.2, 0.25) is 0 Å². The van der Waals surface area contributed by atoms with Crippen molar-refractivity contribution in [3.63, 3.8) is 0 Å². The van der Waals surface area contributed by atoms with Crippen LogP contribution in [0.1, 0.15) is 38.7 Å². The number of likely N-dealkylation sites (tertiary alicyclic amines) is 1. The van der Waals surface area contributed by atoms with Crippen molar-refractivity contribution < 1.29 is 0 Å². The number of benzene rings is 1. The van der Waals surface area contributed by atoms with Crippen molar-refractivity contribution in [2.75, 3.05) is 26.7 Å². The van der Waals surface area contributed by atoms with E-state index in [2.05, 4.69) is 61.0 Å². The molecule has 0 bridgehead atoms. The second kappa shape index (κ2) is 7.39. The van der Waals surface area contributed by atoms with E-state index >= 15 is 0 Å². The molecular weight excluding hydrogens is 258 g/mol. The average Bonchev–Trinajstić information content (AvgIpc) is 2.94. The second-order valence-corrected chi connectivity index (χ2v) is 6.46. The van der Waals surface area contributed by atoms with Gasteiger partial charge in [-0.25, -0.2) is 0 Å². The molecule has 1 atom stereocenters. The Morgan fingerprint density at radius 1 is 1.24 bits per heavy atom. The highest BCUT2D eigenvalue weighted by atomic mass is 15.3. The molecular formula is C18H31N3. The maximum Gasteiger partial charge on any atom is 0.0470 e. The summed E-state index contributed by atoms with van der Waals surface area (Å²) in [5.74, 6) is 0. The van der Waals surface area contributed by atoms with Gasteiger partial charge in [-0.1, -0.05) is 44.2 Å². The first-order chi connectivity index (χ1) is 10.1. The number of nitrogens with two attached hydrogens (primary N) is 1. The lowest BCUT2D eigenvalue weighted by Crippen LogP contribution is -2.57. The third-order valence-electron chi connectivity index (χ3n) is 5.28. The maximum absolute atomic E-state index is 6.20. The SMILES string of the molecule is CCC(CC)N(C)C1(CN)CCN(Cc2ccccc2)C1. The third-order valence-corrected chi connectivity index (χ3v) is 5.28. The van der Waals surface area contributed by atoms with Gasteiger partial charge in [-0.2, -0.15) is 0 Å². The van der Waals surface area contributed by atoms with Crippen molar-refractivity contribution in [3.8, 4) is 0 Å². The molecule has 1 aliphatic rings. The monoisotopic (exact) mass is 289 g/mol. The molecule has 1 fully saturated rings. The van der Waals surface area contributed by atoms with Crippen LogP contribution in [0.3, 0.4) is 0 Å². The van der Waals surface area contributed by atoms with Gasteiger partial charge in [-0.3, -0.25) is 9.80 Å². The minimum absolute atomic E-state index is 0.158. The molecule has 1 aromatic rings. The highest BCUT2D eigenvalue weighted by Gasteiger charge is 2.41. The molecule has 1 heterocycles. The van der Waals surface area contributed by atoms with Crippen LogP contribution >= 0.6 is 0 Å². The molecule has 0 amide bonds. The lowest BCUT2D eigenvalue weighted by molar-refractivity contribution is 0.0765. The van der Waals surface area contributed by atoms with Gasteiger partial charge < -0.3 is 5.73 Å². The van der Waals surface area contributed by atoms with Crippen LogP contribution in [0.4, 0.5) is 0 Å². The van der Waals surface area contributed by atoms with Crippen molar-refractivity contribution in [1.82, 2.24) is 9.80 Å². The molecule has 21 heavy (non-hydrogen) atoms. The number of likely N-dealkylation sites (N-methyl/N-ethyl adjacent to an activating group) is 1. The maximum atomic E-state index is 6.20. The van der Waals surface area contributed by atoms with Crippen LogP contribution in [0.2, 0.25) is 0 Å². The van der Waals surface area contributed by atoms with E-state index in [-0.39, 0.29) is 5.54 Å². The van der Waals surface area contributed by atoms with Gasteiger partial charge in [0.15, 0.2) is 0 Å². The summed E-state index contributed by atoms with van der Waals surface area (Å²) < 4.78 is 0. The molecule has 1 saturated heterocycles. The predicted molar refractivity (Wildman–Crippen MR) is 90.3 cm³/mol. The summed E-state index contributed by atoms with van der Waals surface area (Å²) >= 11 is 0. The van der Waals surface area contributed by atoms with E-state index in [9.17, 15) is 0 Å². The van der Waals surface area contributed by atoms with Gasteiger partial charge in [0, 0.05) is 37.8 Å². The molecule has 2 N–H and O–H groups in total. The summed E-state index contributed by atoms with van der Waals surface area (Å²) in [5, 5.41) is 0. The molecule has 0 spiro atoms. The summed E-state index contributed by atoms with van der Waals surface area (Å²) in [5.41, 5.74) is 7.76. The quantitative estimate of drug-likeness (QED) is 0.837. The van der Waals surface area contributed by atoms with Crippen LogP contribution in [-0.2, 0) is 6.54 Å². The number of hydrogen-bond donors (Lipinski definition) is 1. The highest BCUT2D eigenvalue weighted by Crippen LogP contribution is 2.30. The van der Waals surface area contributed by atoms with Crippen LogP contribution in [0.15, 0.2) is 30.3 Å². The van der Waals surface area contributed by atoms with E-state index in [0.29, 0.717) is 6.04 Å². The summed E-state index contributed by atoms with van der Waals surface area (Å²) in [4.78, 5) is 5.12. The van der Waals surface area contributed by atoms with Gasteiger partial charge >= 0.3 is 0 Å². The van der Waals surface area contributed by atoms with Gasteiger partial charge in [-0.05, 0) is 31.9 Å². The van der Waals surface area contributed by atoms with Gasteiger partial charge in [0.1, 0.15) is 0 Å². The molecule has 2 rings (SSSR count). The molecule has 3 heteroatoms. The number of nitrogens with zero attached hydrogens (tertiary/aromatic N) is 2. The smallest absolute Gasteiger partial charge is 0.0470 e. The molecule has 0 aliphatic carbocycles. The zero-order valence-electron chi connectivity index (χ0n) is 13.9. The van der Waals surface area contributed by atoms with Crippen LogP contribution in [-0.4, -0.2) is 48.1 Å². The van der Waals surface area contributed by atoms with Gasteiger partial charge in [-0.15, -0.1) is 0 Å². The zero-order valence-corrected chi connectivity index (χ0v) is 13.9. The van der Waals surface area contributed by atoms with E-state index < -0.39 is 0 Å². The van der Waals surface area contributed by atoms with Gasteiger partial charge in [0.05, 0.1) is 0 Å². The Morgan fingerprint density at radius 2 is 1.90 bits per heavy atom. The number of rotatable bonds is 7. The minimum atomic E-state index is 0.158. The van der Waals surface area contributed by atoms with Crippen LogP contribution in [0, 0.1) is 0 Å². The molecule has 1 aromatic carbocycles. The average molecular weight is 289 g/mol.